The highest BCUT2D eigenvalue weighted by Gasteiger charge is 2.22. The first-order valence-corrected chi connectivity index (χ1v) is 11.6. The van der Waals surface area contributed by atoms with Crippen LogP contribution in [0.1, 0.15) is 13.8 Å². The number of hydrogen-bond acceptors (Lipinski definition) is 6. The van der Waals surface area contributed by atoms with Crippen molar-refractivity contribution in [2.24, 2.45) is 0 Å². The average Bonchev–Trinajstić information content (AvgIpc) is 2.71. The molecule has 1 aliphatic heterocycles. The second kappa shape index (κ2) is 9.06. The Morgan fingerprint density at radius 1 is 1.10 bits per heavy atom. The van der Waals surface area contributed by atoms with Gasteiger partial charge in [-0.25, -0.2) is 8.42 Å². The van der Waals surface area contributed by atoms with Gasteiger partial charge in [-0.2, -0.15) is 4.31 Å². The topological polar surface area (TPSA) is 84.9 Å². The first-order chi connectivity index (χ1) is 13.8. The molecular weight excluding hydrogens is 412 g/mol. The standard InChI is InChI=1S/C20H24N2O5S2/c1-14(2)22(3)29(24,25)17-7-4-15(5-8-17)21-20(23)13-28-16-6-9-18-19(12-16)27-11-10-26-18/h4-9,12,14H,10-11,13H2,1-3H3,(H,21,23). The maximum Gasteiger partial charge on any atom is 0.243 e. The Balaban J connectivity index is 1.57. The minimum Gasteiger partial charge on any atom is -0.486 e. The van der Waals surface area contributed by atoms with Crippen LogP contribution in [0.5, 0.6) is 11.5 Å². The number of hydrogen-bond donors (Lipinski definition) is 1. The van der Waals surface area contributed by atoms with Crippen LogP contribution in [0.3, 0.4) is 0 Å². The summed E-state index contributed by atoms with van der Waals surface area (Å²) in [5.74, 6) is 1.43. The largest absolute Gasteiger partial charge is 0.486 e. The highest BCUT2D eigenvalue weighted by Crippen LogP contribution is 2.34. The van der Waals surface area contributed by atoms with Crippen LogP contribution in [0, 0.1) is 0 Å². The number of fused-ring (bicyclic) bond motifs is 1. The Morgan fingerprint density at radius 2 is 1.76 bits per heavy atom. The molecule has 1 heterocycles. The minimum absolute atomic E-state index is 0.142. The number of nitrogens with one attached hydrogen (secondary N) is 1. The fourth-order valence-corrected chi connectivity index (χ4v) is 4.71. The van der Waals surface area contributed by atoms with E-state index < -0.39 is 10.0 Å². The lowest BCUT2D eigenvalue weighted by Gasteiger charge is -2.21. The van der Waals surface area contributed by atoms with Crippen LogP contribution in [0.25, 0.3) is 0 Å². The molecule has 2 aromatic rings. The number of thioether (sulfide) groups is 1. The van der Waals surface area contributed by atoms with Gasteiger partial charge in [0.15, 0.2) is 11.5 Å². The fraction of sp³-hybridized carbons (Fsp3) is 0.350. The monoisotopic (exact) mass is 436 g/mol. The van der Waals surface area contributed by atoms with Gasteiger partial charge in [-0.3, -0.25) is 4.79 Å². The van der Waals surface area contributed by atoms with E-state index in [0.29, 0.717) is 30.4 Å². The van der Waals surface area contributed by atoms with Gasteiger partial charge in [0.2, 0.25) is 15.9 Å². The average molecular weight is 437 g/mol. The summed E-state index contributed by atoms with van der Waals surface area (Å²) >= 11 is 1.38. The van der Waals surface area contributed by atoms with Gasteiger partial charge in [-0.05, 0) is 56.3 Å². The second-order valence-corrected chi connectivity index (χ2v) is 9.83. The predicted octanol–water partition coefficient (Wildman–Crippen LogP) is 3.22. The van der Waals surface area contributed by atoms with Crippen molar-refractivity contribution in [2.75, 3.05) is 31.3 Å². The molecule has 9 heteroatoms. The Labute approximate surface area is 175 Å². The lowest BCUT2D eigenvalue weighted by molar-refractivity contribution is -0.113. The SMILES string of the molecule is CC(C)N(C)S(=O)(=O)c1ccc(NC(=O)CSc2ccc3c(c2)OCCO3)cc1. The van der Waals surface area contributed by atoms with Crippen molar-refractivity contribution in [3.8, 4) is 11.5 Å². The fourth-order valence-electron chi connectivity index (χ4n) is 2.61. The van der Waals surface area contributed by atoms with Crippen molar-refractivity contribution in [2.45, 2.75) is 29.7 Å². The minimum atomic E-state index is -3.54. The Hall–Kier alpha value is -2.23. The summed E-state index contributed by atoms with van der Waals surface area (Å²) in [4.78, 5) is 13.3. The summed E-state index contributed by atoms with van der Waals surface area (Å²) in [5, 5.41) is 2.78. The first-order valence-electron chi connectivity index (χ1n) is 9.18. The first kappa shape index (κ1) is 21.5. The van der Waals surface area contributed by atoms with Crippen LogP contribution in [0.2, 0.25) is 0 Å². The number of sulfonamides is 1. The Kier molecular flexibility index (Phi) is 6.71. The number of nitrogens with zero attached hydrogens (tertiary/aromatic N) is 1. The molecule has 1 amide bonds. The summed E-state index contributed by atoms with van der Waals surface area (Å²) in [6, 6.07) is 11.6. The number of rotatable bonds is 7. The number of ether oxygens (including phenoxy) is 2. The zero-order valence-corrected chi connectivity index (χ0v) is 18.2. The van der Waals surface area contributed by atoms with Crippen molar-refractivity contribution in [3.05, 3.63) is 42.5 Å². The van der Waals surface area contributed by atoms with Gasteiger partial charge >= 0.3 is 0 Å². The molecule has 156 valence electrons. The molecule has 7 nitrogen and oxygen atoms in total. The van der Waals surface area contributed by atoms with E-state index in [1.807, 2.05) is 32.0 Å². The van der Waals surface area contributed by atoms with E-state index >= 15 is 0 Å². The Bertz CT molecular complexity index is 975. The van der Waals surface area contributed by atoms with Crippen molar-refractivity contribution >= 4 is 33.4 Å². The molecule has 0 aromatic heterocycles. The van der Waals surface area contributed by atoms with Gasteiger partial charge in [0.05, 0.1) is 10.6 Å². The molecule has 1 aliphatic rings. The van der Waals surface area contributed by atoms with Gasteiger partial charge in [-0.15, -0.1) is 11.8 Å². The van der Waals surface area contributed by atoms with Gasteiger partial charge in [0, 0.05) is 23.7 Å². The van der Waals surface area contributed by atoms with Crippen LogP contribution in [-0.2, 0) is 14.8 Å². The molecule has 0 radical (unpaired) electrons. The second-order valence-electron chi connectivity index (χ2n) is 6.78. The molecule has 0 atom stereocenters. The molecule has 0 saturated carbocycles. The molecule has 2 aromatic carbocycles. The maximum absolute atomic E-state index is 12.5. The van der Waals surface area contributed by atoms with Crippen molar-refractivity contribution in [1.82, 2.24) is 4.31 Å². The lowest BCUT2D eigenvalue weighted by atomic mass is 10.3. The zero-order valence-electron chi connectivity index (χ0n) is 16.5. The summed E-state index contributed by atoms with van der Waals surface area (Å²) in [6.45, 7) is 4.67. The van der Waals surface area contributed by atoms with Crippen molar-refractivity contribution in [1.29, 1.82) is 0 Å². The highest BCUT2D eigenvalue weighted by atomic mass is 32.2. The maximum atomic E-state index is 12.5. The summed E-state index contributed by atoms with van der Waals surface area (Å²) in [6.07, 6.45) is 0. The third-order valence-corrected chi connectivity index (χ3v) is 7.47. The summed E-state index contributed by atoms with van der Waals surface area (Å²) in [7, 11) is -2.00. The van der Waals surface area contributed by atoms with E-state index in [1.165, 1.54) is 28.2 Å². The van der Waals surface area contributed by atoms with Gasteiger partial charge < -0.3 is 14.8 Å². The third kappa shape index (κ3) is 5.23. The molecule has 0 unspecified atom stereocenters. The molecule has 0 spiro atoms. The van der Waals surface area contributed by atoms with Gasteiger partial charge in [-0.1, -0.05) is 0 Å². The van der Waals surface area contributed by atoms with Crippen molar-refractivity contribution < 1.29 is 22.7 Å². The lowest BCUT2D eigenvalue weighted by Crippen LogP contribution is -2.33. The van der Waals surface area contributed by atoms with Crippen LogP contribution >= 0.6 is 11.8 Å². The molecule has 1 N–H and O–H groups in total. The number of benzene rings is 2. The number of amides is 1. The number of carbonyl (C=O) groups excluding carboxylic acids is 1. The number of anilines is 1. The molecule has 0 fully saturated rings. The van der Waals surface area contributed by atoms with Crippen LogP contribution < -0.4 is 14.8 Å². The smallest absolute Gasteiger partial charge is 0.243 e. The quantitative estimate of drug-likeness (QED) is 0.671. The highest BCUT2D eigenvalue weighted by molar-refractivity contribution is 8.00. The number of carbonyl (C=O) groups is 1. The third-order valence-electron chi connectivity index (χ3n) is 4.43. The van der Waals surface area contributed by atoms with Crippen molar-refractivity contribution in [3.63, 3.8) is 0 Å². The summed E-state index contributed by atoms with van der Waals surface area (Å²) in [5.41, 5.74) is 0.545. The molecule has 29 heavy (non-hydrogen) atoms. The van der Waals surface area contributed by atoms with Gasteiger partial charge in [0.25, 0.3) is 0 Å². The Morgan fingerprint density at radius 3 is 2.41 bits per heavy atom. The van der Waals surface area contributed by atoms with E-state index in [0.717, 1.165) is 4.90 Å². The van der Waals surface area contributed by atoms with Crippen LogP contribution in [0.15, 0.2) is 52.3 Å². The van der Waals surface area contributed by atoms with Crippen LogP contribution in [-0.4, -0.2) is 50.7 Å². The molecule has 3 rings (SSSR count). The van der Waals surface area contributed by atoms with E-state index in [2.05, 4.69) is 5.32 Å². The zero-order chi connectivity index (χ0) is 21.0. The predicted molar refractivity (Wildman–Crippen MR) is 113 cm³/mol. The van der Waals surface area contributed by atoms with Gasteiger partial charge in [0.1, 0.15) is 13.2 Å². The normalized spacial score (nSPS) is 13.6. The molecule has 0 aliphatic carbocycles. The summed E-state index contributed by atoms with van der Waals surface area (Å²) < 4.78 is 37.3. The van der Waals surface area contributed by atoms with E-state index in [4.69, 9.17) is 9.47 Å². The van der Waals surface area contributed by atoms with Crippen LogP contribution in [0.4, 0.5) is 5.69 Å². The van der Waals surface area contributed by atoms with E-state index in [9.17, 15) is 13.2 Å². The van der Waals surface area contributed by atoms with E-state index in [1.54, 1.807) is 19.2 Å². The molecular formula is C20H24N2O5S2. The molecule has 0 bridgehead atoms. The van der Waals surface area contributed by atoms with E-state index in [-0.39, 0.29) is 22.6 Å². The molecule has 0 saturated heterocycles.